The molecule has 4 N–H and O–H groups in total. The molecule has 1 unspecified atom stereocenters. The Labute approximate surface area is 211 Å². The van der Waals surface area contributed by atoms with Crippen molar-refractivity contribution in [3.8, 4) is 10.7 Å². The molecule has 0 spiro atoms. The minimum absolute atomic E-state index is 0.242. The number of thiazole rings is 1. The van der Waals surface area contributed by atoms with E-state index in [1.165, 1.54) is 11.3 Å². The second-order valence-corrected chi connectivity index (χ2v) is 12.5. The van der Waals surface area contributed by atoms with Gasteiger partial charge >= 0.3 is 0 Å². The zero-order valence-corrected chi connectivity index (χ0v) is 21.5. The lowest BCUT2D eigenvalue weighted by Gasteiger charge is -2.36. The number of anilines is 1. The van der Waals surface area contributed by atoms with Crippen LogP contribution in [0.15, 0.2) is 52.2 Å². The van der Waals surface area contributed by atoms with E-state index in [0.717, 1.165) is 59.2 Å². The second kappa shape index (κ2) is 9.70. The Morgan fingerprint density at radius 3 is 2.74 bits per heavy atom. The van der Waals surface area contributed by atoms with Gasteiger partial charge in [-0.1, -0.05) is 18.2 Å². The Morgan fingerprint density at radius 1 is 1.23 bits per heavy atom. The van der Waals surface area contributed by atoms with Gasteiger partial charge in [-0.2, -0.15) is 0 Å². The Kier molecular flexibility index (Phi) is 6.64. The number of nitrogens with two attached hydrogens (primary N) is 1. The topological polar surface area (TPSA) is 124 Å². The van der Waals surface area contributed by atoms with Crippen LogP contribution >= 0.6 is 22.7 Å². The average molecular weight is 531 g/mol. The van der Waals surface area contributed by atoms with E-state index in [2.05, 4.69) is 24.5 Å². The van der Waals surface area contributed by atoms with E-state index in [9.17, 15) is 13.2 Å². The van der Waals surface area contributed by atoms with Crippen molar-refractivity contribution in [2.24, 2.45) is 5.73 Å². The minimum Gasteiger partial charge on any atom is -0.368 e. The molecule has 1 atom stereocenters. The number of benzene rings is 1. The summed E-state index contributed by atoms with van der Waals surface area (Å²) >= 11 is 2.80. The molecule has 0 radical (unpaired) electrons. The summed E-state index contributed by atoms with van der Waals surface area (Å²) in [7, 11) is -3.64. The molecule has 4 heterocycles. The van der Waals surface area contributed by atoms with Crippen molar-refractivity contribution in [3.05, 3.63) is 52.9 Å². The van der Waals surface area contributed by atoms with E-state index in [-0.39, 0.29) is 16.2 Å². The number of nitrogens with zero attached hydrogens (tertiary/aromatic N) is 3. The number of carbonyl (C=O) groups is 1. The Balaban J connectivity index is 1.29. The number of fused-ring (bicyclic) bond motifs is 1. The molecule has 1 aliphatic rings. The normalized spacial score (nSPS) is 16.5. The SMILES string of the molecule is CC(C(N)=O)N1CCN(Cc2cnc(-c3cc4cccc(NS(=O)(=O)c5cccs5)c4[nH]3)s2)CC1. The highest BCUT2D eigenvalue weighted by Crippen LogP contribution is 2.32. The molecule has 5 rings (SSSR count). The van der Waals surface area contributed by atoms with E-state index >= 15 is 0 Å². The van der Waals surface area contributed by atoms with E-state index in [1.807, 2.05) is 31.3 Å². The number of para-hydroxylation sites is 1. The predicted molar refractivity (Wildman–Crippen MR) is 140 cm³/mol. The average Bonchev–Trinajstić information content (AvgIpc) is 3.59. The Bertz CT molecular complexity index is 1440. The lowest BCUT2D eigenvalue weighted by Crippen LogP contribution is -2.52. The van der Waals surface area contributed by atoms with Crippen molar-refractivity contribution >= 4 is 55.2 Å². The molecule has 3 aromatic heterocycles. The van der Waals surface area contributed by atoms with Gasteiger partial charge in [0.25, 0.3) is 10.0 Å². The maximum Gasteiger partial charge on any atom is 0.271 e. The fourth-order valence-electron chi connectivity index (χ4n) is 4.18. The fraction of sp³-hybridized carbons (Fsp3) is 0.304. The largest absolute Gasteiger partial charge is 0.368 e. The molecule has 0 aliphatic carbocycles. The van der Waals surface area contributed by atoms with Gasteiger partial charge in [-0.3, -0.25) is 19.3 Å². The van der Waals surface area contributed by atoms with Crippen molar-refractivity contribution in [2.45, 2.75) is 23.7 Å². The zero-order chi connectivity index (χ0) is 24.6. The maximum absolute atomic E-state index is 12.7. The molecule has 1 aliphatic heterocycles. The maximum atomic E-state index is 12.7. The highest BCUT2D eigenvalue weighted by Gasteiger charge is 2.24. The zero-order valence-electron chi connectivity index (χ0n) is 19.1. The minimum atomic E-state index is -3.64. The predicted octanol–water partition coefficient (Wildman–Crippen LogP) is 3.15. The summed E-state index contributed by atoms with van der Waals surface area (Å²) in [5.41, 5.74) is 7.51. The Morgan fingerprint density at radius 2 is 2.03 bits per heavy atom. The lowest BCUT2D eigenvalue weighted by molar-refractivity contribution is -0.123. The molecule has 1 saturated heterocycles. The summed E-state index contributed by atoms with van der Waals surface area (Å²) in [6.45, 7) is 5.99. The van der Waals surface area contributed by atoms with Crippen LogP contribution in [0, 0.1) is 0 Å². The summed E-state index contributed by atoms with van der Waals surface area (Å²) < 4.78 is 28.4. The molecule has 1 amide bonds. The standard InChI is InChI=1S/C23H26N6O3S3/c1-15(22(24)30)29-9-7-28(8-10-29)14-17-13-25-23(34-17)19-12-16-4-2-5-18(21(16)26-19)27-35(31,32)20-6-3-11-33-20/h2-6,11-13,15,26-27H,7-10,14H2,1H3,(H2,24,30). The third-order valence-electron chi connectivity index (χ3n) is 6.19. The van der Waals surface area contributed by atoms with Crippen LogP contribution < -0.4 is 10.5 Å². The van der Waals surface area contributed by atoms with Gasteiger partial charge in [-0.15, -0.1) is 22.7 Å². The molecular weight excluding hydrogens is 504 g/mol. The number of thiophene rings is 1. The van der Waals surface area contributed by atoms with Crippen molar-refractivity contribution in [3.63, 3.8) is 0 Å². The van der Waals surface area contributed by atoms with Gasteiger partial charge in [0.1, 0.15) is 9.22 Å². The van der Waals surface area contributed by atoms with Crippen LogP contribution in [-0.2, 0) is 21.4 Å². The molecule has 184 valence electrons. The number of aromatic amines is 1. The van der Waals surface area contributed by atoms with Crippen LogP contribution in [0.25, 0.3) is 21.6 Å². The smallest absolute Gasteiger partial charge is 0.271 e. The fourth-order valence-corrected chi connectivity index (χ4v) is 7.17. The Hall–Kier alpha value is -2.77. The molecule has 4 aromatic rings. The summed E-state index contributed by atoms with van der Waals surface area (Å²) in [6, 6.07) is 10.6. The van der Waals surface area contributed by atoms with Crippen molar-refractivity contribution in [1.82, 2.24) is 19.8 Å². The third-order valence-corrected chi connectivity index (χ3v) is 9.97. The first-order valence-electron chi connectivity index (χ1n) is 11.2. The number of primary amides is 1. The molecule has 0 saturated carbocycles. The molecule has 0 bridgehead atoms. The number of H-pyrrole nitrogens is 1. The molecular formula is C23H26N6O3S3. The van der Waals surface area contributed by atoms with Gasteiger partial charge < -0.3 is 10.7 Å². The van der Waals surface area contributed by atoms with Crippen LogP contribution in [0.2, 0.25) is 0 Å². The van der Waals surface area contributed by atoms with E-state index in [1.54, 1.807) is 34.9 Å². The highest BCUT2D eigenvalue weighted by atomic mass is 32.2. The van der Waals surface area contributed by atoms with Gasteiger partial charge in [0.05, 0.1) is 22.9 Å². The first kappa shape index (κ1) is 23.9. The molecule has 1 aromatic carbocycles. The van der Waals surface area contributed by atoms with E-state index in [0.29, 0.717) is 5.69 Å². The van der Waals surface area contributed by atoms with Gasteiger partial charge in [0.2, 0.25) is 5.91 Å². The second-order valence-electron chi connectivity index (χ2n) is 8.51. The van der Waals surface area contributed by atoms with Crippen LogP contribution in [0.1, 0.15) is 11.8 Å². The lowest BCUT2D eigenvalue weighted by atomic mass is 10.2. The highest BCUT2D eigenvalue weighted by molar-refractivity contribution is 7.94. The van der Waals surface area contributed by atoms with Crippen LogP contribution in [0.3, 0.4) is 0 Å². The quantitative estimate of drug-likeness (QED) is 0.322. The number of sulfonamides is 1. The number of hydrogen-bond donors (Lipinski definition) is 3. The third kappa shape index (κ3) is 5.11. The summed E-state index contributed by atoms with van der Waals surface area (Å²) in [4.78, 5) is 25.0. The number of rotatable bonds is 8. The van der Waals surface area contributed by atoms with Gasteiger partial charge in [0.15, 0.2) is 0 Å². The van der Waals surface area contributed by atoms with Crippen LogP contribution in [-0.4, -0.2) is 66.3 Å². The van der Waals surface area contributed by atoms with Crippen molar-refractivity contribution < 1.29 is 13.2 Å². The van der Waals surface area contributed by atoms with Crippen molar-refractivity contribution in [1.29, 1.82) is 0 Å². The van der Waals surface area contributed by atoms with E-state index < -0.39 is 10.0 Å². The summed E-state index contributed by atoms with van der Waals surface area (Å²) in [5.74, 6) is -0.286. The van der Waals surface area contributed by atoms with Crippen LogP contribution in [0.5, 0.6) is 0 Å². The number of hydrogen-bond acceptors (Lipinski definition) is 8. The van der Waals surface area contributed by atoms with Crippen LogP contribution in [0.4, 0.5) is 5.69 Å². The monoisotopic (exact) mass is 530 g/mol. The molecule has 9 nitrogen and oxygen atoms in total. The van der Waals surface area contributed by atoms with Crippen molar-refractivity contribution in [2.75, 3.05) is 30.9 Å². The van der Waals surface area contributed by atoms with Gasteiger partial charge in [0, 0.05) is 49.2 Å². The number of nitrogens with one attached hydrogen (secondary N) is 2. The number of aromatic nitrogens is 2. The summed E-state index contributed by atoms with van der Waals surface area (Å²) in [6.07, 6.45) is 1.89. The molecule has 12 heteroatoms. The van der Waals surface area contributed by atoms with Gasteiger partial charge in [-0.05, 0) is 30.5 Å². The van der Waals surface area contributed by atoms with Gasteiger partial charge in [-0.25, -0.2) is 13.4 Å². The molecule has 35 heavy (non-hydrogen) atoms. The first-order chi connectivity index (χ1) is 16.8. The first-order valence-corrected chi connectivity index (χ1v) is 14.4. The van der Waals surface area contributed by atoms with E-state index in [4.69, 9.17) is 5.73 Å². The molecule has 1 fully saturated rings. The number of amides is 1. The number of piperazine rings is 1. The number of carbonyl (C=O) groups excluding carboxylic acids is 1. The summed E-state index contributed by atoms with van der Waals surface area (Å²) in [5, 5.41) is 3.50.